The predicted molar refractivity (Wildman–Crippen MR) is 333 cm³/mol. The number of amides is 1. The molecular formula is C70H133NO5. The molecule has 3 N–H and O–H groups in total. The summed E-state index contributed by atoms with van der Waals surface area (Å²) in [5.41, 5.74) is 0. The molecule has 0 aliphatic rings. The number of ether oxygens (including phenoxy) is 1. The molecule has 1 amide bonds. The van der Waals surface area contributed by atoms with Crippen LogP contribution >= 0.6 is 0 Å². The molecule has 0 aromatic carbocycles. The van der Waals surface area contributed by atoms with Gasteiger partial charge in [0.15, 0.2) is 0 Å². The number of aliphatic hydroxyl groups excluding tert-OH is 2. The lowest BCUT2D eigenvalue weighted by Gasteiger charge is -2.22. The van der Waals surface area contributed by atoms with E-state index < -0.39 is 12.1 Å². The Kier molecular flexibility index (Phi) is 63.9. The van der Waals surface area contributed by atoms with Crippen molar-refractivity contribution in [1.82, 2.24) is 5.32 Å². The normalized spacial score (nSPS) is 12.7. The molecule has 76 heavy (non-hydrogen) atoms. The highest BCUT2D eigenvalue weighted by molar-refractivity contribution is 5.76. The van der Waals surface area contributed by atoms with Crippen molar-refractivity contribution in [3.05, 3.63) is 36.5 Å². The van der Waals surface area contributed by atoms with E-state index in [1.165, 1.54) is 289 Å². The zero-order valence-corrected chi connectivity index (χ0v) is 51.3. The van der Waals surface area contributed by atoms with Gasteiger partial charge in [0.2, 0.25) is 5.91 Å². The summed E-state index contributed by atoms with van der Waals surface area (Å²) in [5.74, 6) is -0.0271. The van der Waals surface area contributed by atoms with Gasteiger partial charge in [0.1, 0.15) is 0 Å². The molecule has 0 bridgehead atoms. The summed E-state index contributed by atoms with van der Waals surface area (Å²) >= 11 is 0. The smallest absolute Gasteiger partial charge is 0.305 e. The molecule has 0 rings (SSSR count). The van der Waals surface area contributed by atoms with Crippen LogP contribution in [0, 0.1) is 0 Å². The van der Waals surface area contributed by atoms with E-state index in [2.05, 4.69) is 55.6 Å². The van der Waals surface area contributed by atoms with Gasteiger partial charge in [0.25, 0.3) is 0 Å². The summed E-state index contributed by atoms with van der Waals surface area (Å²) in [6.45, 7) is 4.94. The second-order valence-electron chi connectivity index (χ2n) is 23.5. The van der Waals surface area contributed by atoms with Gasteiger partial charge in [-0.1, -0.05) is 314 Å². The minimum atomic E-state index is -0.661. The molecule has 0 aromatic rings. The van der Waals surface area contributed by atoms with Crippen LogP contribution in [0.25, 0.3) is 0 Å². The predicted octanol–water partition coefficient (Wildman–Crippen LogP) is 21.9. The Morgan fingerprint density at radius 1 is 0.368 bits per heavy atom. The SMILES string of the molecule is CCCCC/C=C\C/C=C\CCCCCCCC(=O)OCCCCCCCCCCCCCC/C=C\CCCCCCCCCCCCCCCCCCC(=O)NC(CO)C(O)CCCCCCCCCCCCCC. The van der Waals surface area contributed by atoms with E-state index in [4.69, 9.17) is 4.74 Å². The first-order valence-electron chi connectivity index (χ1n) is 34.2. The van der Waals surface area contributed by atoms with Crippen LogP contribution in [0.1, 0.15) is 373 Å². The summed E-state index contributed by atoms with van der Waals surface area (Å²) in [6, 6.07) is -0.538. The highest BCUT2D eigenvalue weighted by Crippen LogP contribution is 2.18. The molecule has 0 saturated carbocycles. The molecule has 0 spiro atoms. The Morgan fingerprint density at radius 3 is 1.04 bits per heavy atom. The Hall–Kier alpha value is -1.92. The number of carbonyl (C=O) groups excluding carboxylic acids is 2. The van der Waals surface area contributed by atoms with Gasteiger partial charge in [-0.15, -0.1) is 0 Å². The van der Waals surface area contributed by atoms with Crippen LogP contribution < -0.4 is 5.32 Å². The molecular weight excluding hydrogens is 935 g/mol. The van der Waals surface area contributed by atoms with Crippen LogP contribution in [-0.2, 0) is 14.3 Å². The third-order valence-electron chi connectivity index (χ3n) is 15.9. The van der Waals surface area contributed by atoms with Crippen molar-refractivity contribution in [2.75, 3.05) is 13.2 Å². The van der Waals surface area contributed by atoms with E-state index in [1.807, 2.05) is 0 Å². The third kappa shape index (κ3) is 61.3. The number of unbranched alkanes of at least 4 members (excludes halogenated alkanes) is 47. The second kappa shape index (κ2) is 65.6. The molecule has 6 heteroatoms. The van der Waals surface area contributed by atoms with Crippen molar-refractivity contribution in [1.29, 1.82) is 0 Å². The quantitative estimate of drug-likeness (QED) is 0.0320. The number of hydrogen-bond donors (Lipinski definition) is 3. The van der Waals surface area contributed by atoms with E-state index in [0.717, 1.165) is 51.4 Å². The fourth-order valence-corrected chi connectivity index (χ4v) is 10.7. The van der Waals surface area contributed by atoms with Crippen LogP contribution in [0.5, 0.6) is 0 Å². The Balaban J connectivity index is 3.34. The molecule has 0 heterocycles. The lowest BCUT2D eigenvalue weighted by atomic mass is 10.0. The maximum absolute atomic E-state index is 12.5. The lowest BCUT2D eigenvalue weighted by Crippen LogP contribution is -2.45. The standard InChI is InChI=1S/C70H133NO5/c1-3-5-7-9-11-13-15-17-36-40-44-48-52-56-60-64-70(75)76-65-61-57-53-49-45-41-38-35-33-31-29-27-25-23-21-19-18-20-22-24-26-28-30-32-34-37-39-43-47-51-55-59-63-69(74)71-67(66-72)68(73)62-58-54-50-46-42-16-14-12-10-8-6-4-2/h11,13,17,21,23,36,67-68,72-73H,3-10,12,14-16,18-20,22,24-35,37-66H2,1-2H3,(H,71,74)/b13-11-,23-21-,36-17-. The number of nitrogens with one attached hydrogen (secondary N) is 1. The highest BCUT2D eigenvalue weighted by atomic mass is 16.5. The van der Waals surface area contributed by atoms with Gasteiger partial charge in [-0.2, -0.15) is 0 Å². The maximum Gasteiger partial charge on any atom is 0.305 e. The van der Waals surface area contributed by atoms with Crippen LogP contribution in [0.3, 0.4) is 0 Å². The zero-order chi connectivity index (χ0) is 55.0. The van der Waals surface area contributed by atoms with Gasteiger partial charge in [0, 0.05) is 12.8 Å². The van der Waals surface area contributed by atoms with E-state index >= 15 is 0 Å². The average Bonchev–Trinajstić information content (AvgIpc) is 3.42. The van der Waals surface area contributed by atoms with Crippen LogP contribution in [0.4, 0.5) is 0 Å². The Morgan fingerprint density at radius 2 is 0.658 bits per heavy atom. The van der Waals surface area contributed by atoms with Gasteiger partial charge < -0.3 is 20.3 Å². The van der Waals surface area contributed by atoms with Crippen molar-refractivity contribution in [3.63, 3.8) is 0 Å². The molecule has 0 aliphatic heterocycles. The molecule has 2 atom stereocenters. The summed E-state index contributed by atoms with van der Waals surface area (Å²) in [7, 11) is 0. The lowest BCUT2D eigenvalue weighted by molar-refractivity contribution is -0.143. The number of hydrogen-bond acceptors (Lipinski definition) is 5. The Bertz CT molecular complexity index is 1230. The summed E-state index contributed by atoms with van der Waals surface area (Å²) in [6.07, 6.45) is 83.4. The van der Waals surface area contributed by atoms with Gasteiger partial charge in [0.05, 0.1) is 25.4 Å². The van der Waals surface area contributed by atoms with Crippen molar-refractivity contribution >= 4 is 11.9 Å². The van der Waals surface area contributed by atoms with E-state index in [-0.39, 0.29) is 18.5 Å². The highest BCUT2D eigenvalue weighted by Gasteiger charge is 2.20. The van der Waals surface area contributed by atoms with Crippen LogP contribution in [0.2, 0.25) is 0 Å². The van der Waals surface area contributed by atoms with E-state index in [1.54, 1.807) is 0 Å². The molecule has 0 radical (unpaired) electrons. The van der Waals surface area contributed by atoms with E-state index in [9.17, 15) is 19.8 Å². The van der Waals surface area contributed by atoms with Gasteiger partial charge in [-0.3, -0.25) is 9.59 Å². The van der Waals surface area contributed by atoms with Gasteiger partial charge in [-0.25, -0.2) is 0 Å². The Labute approximate surface area is 474 Å². The molecule has 2 unspecified atom stereocenters. The first-order valence-corrected chi connectivity index (χ1v) is 34.2. The van der Waals surface area contributed by atoms with Crippen LogP contribution in [0.15, 0.2) is 36.5 Å². The fourth-order valence-electron chi connectivity index (χ4n) is 10.7. The van der Waals surface area contributed by atoms with Crippen molar-refractivity contribution in [3.8, 4) is 0 Å². The first-order chi connectivity index (χ1) is 37.5. The maximum atomic E-state index is 12.5. The first kappa shape index (κ1) is 74.1. The third-order valence-corrected chi connectivity index (χ3v) is 15.9. The fraction of sp³-hybridized carbons (Fsp3) is 0.886. The van der Waals surface area contributed by atoms with Crippen molar-refractivity contribution in [2.24, 2.45) is 0 Å². The average molecular weight is 1070 g/mol. The van der Waals surface area contributed by atoms with Crippen molar-refractivity contribution in [2.45, 2.75) is 386 Å². The molecule has 448 valence electrons. The largest absolute Gasteiger partial charge is 0.466 e. The zero-order valence-electron chi connectivity index (χ0n) is 51.3. The van der Waals surface area contributed by atoms with Gasteiger partial charge in [-0.05, 0) is 83.5 Å². The monoisotopic (exact) mass is 1070 g/mol. The number of carbonyl (C=O) groups is 2. The van der Waals surface area contributed by atoms with Crippen LogP contribution in [-0.4, -0.2) is 47.4 Å². The number of allylic oxidation sites excluding steroid dienone is 6. The second-order valence-corrected chi connectivity index (χ2v) is 23.5. The molecule has 0 saturated heterocycles. The van der Waals surface area contributed by atoms with Gasteiger partial charge >= 0.3 is 5.97 Å². The van der Waals surface area contributed by atoms with E-state index in [0.29, 0.717) is 25.9 Å². The topological polar surface area (TPSA) is 95.9 Å². The molecule has 6 nitrogen and oxygen atoms in total. The number of aliphatic hydroxyl groups is 2. The molecule has 0 aromatic heterocycles. The summed E-state index contributed by atoms with van der Waals surface area (Å²) < 4.78 is 5.48. The summed E-state index contributed by atoms with van der Waals surface area (Å²) in [5, 5.41) is 23.3. The number of rotatable bonds is 64. The molecule has 0 fully saturated rings. The minimum Gasteiger partial charge on any atom is -0.466 e. The van der Waals surface area contributed by atoms with Crippen molar-refractivity contribution < 1.29 is 24.5 Å². The molecule has 0 aliphatic carbocycles. The number of esters is 1. The minimum absolute atomic E-state index is 0.00431. The summed E-state index contributed by atoms with van der Waals surface area (Å²) in [4.78, 5) is 24.5.